The number of hydrogen-bond donors (Lipinski definition) is 1. The van der Waals surface area contributed by atoms with Crippen molar-refractivity contribution < 1.29 is 9.64 Å². The Labute approximate surface area is 57.8 Å². The van der Waals surface area contributed by atoms with Gasteiger partial charge in [-0.05, 0) is 0 Å². The zero-order valence-electron chi connectivity index (χ0n) is 6.90. The molecule has 0 aromatic heterocycles. The van der Waals surface area contributed by atoms with Crippen LogP contribution in [0.5, 0.6) is 0 Å². The van der Waals surface area contributed by atoms with Crippen LogP contribution in [0.15, 0.2) is 0 Å². The van der Waals surface area contributed by atoms with E-state index in [1.54, 1.807) is 7.11 Å². The summed E-state index contributed by atoms with van der Waals surface area (Å²) in [5, 5.41) is 0. The van der Waals surface area contributed by atoms with Crippen LogP contribution in [0.2, 0.25) is 0 Å². The van der Waals surface area contributed by atoms with Crippen molar-refractivity contribution in [2.45, 2.75) is 6.92 Å². The summed E-state index contributed by atoms with van der Waals surface area (Å²) in [5.41, 5.74) is 0. The highest BCUT2D eigenvalue weighted by Gasteiger charge is 2.03. The summed E-state index contributed by atoms with van der Waals surface area (Å²) in [6.07, 6.45) is 0. The molecule has 0 aromatic rings. The van der Waals surface area contributed by atoms with E-state index in [-0.39, 0.29) is 0 Å². The summed E-state index contributed by atoms with van der Waals surface area (Å²) in [6.45, 7) is 4.27. The molecule has 0 aromatic carbocycles. The highest BCUT2D eigenvalue weighted by Crippen LogP contribution is 1.88. The van der Waals surface area contributed by atoms with Gasteiger partial charge in [-0.25, -0.2) is 0 Å². The molecular formula is C7H18NO+. The van der Waals surface area contributed by atoms with Crippen molar-refractivity contribution in [2.24, 2.45) is 5.92 Å². The Bertz CT molecular complexity index is 63.9. The van der Waals surface area contributed by atoms with Gasteiger partial charge in [0.1, 0.15) is 0 Å². The van der Waals surface area contributed by atoms with E-state index in [1.807, 2.05) is 0 Å². The lowest BCUT2D eigenvalue weighted by atomic mass is 10.2. The Morgan fingerprint density at radius 1 is 1.44 bits per heavy atom. The fourth-order valence-corrected chi connectivity index (χ4v) is 1.04. The molecule has 0 aliphatic carbocycles. The minimum absolute atomic E-state index is 0.681. The maximum atomic E-state index is 4.99. The van der Waals surface area contributed by atoms with E-state index in [4.69, 9.17) is 4.74 Å². The van der Waals surface area contributed by atoms with Gasteiger partial charge in [-0.3, -0.25) is 0 Å². The van der Waals surface area contributed by atoms with Gasteiger partial charge in [0.05, 0.1) is 27.2 Å². The number of hydrogen-bond acceptors (Lipinski definition) is 1. The van der Waals surface area contributed by atoms with Gasteiger partial charge in [-0.1, -0.05) is 6.92 Å². The molecule has 0 saturated carbocycles. The molecule has 0 saturated heterocycles. The molecule has 9 heavy (non-hydrogen) atoms. The summed E-state index contributed by atoms with van der Waals surface area (Å²) in [4.78, 5) is 1.49. The van der Waals surface area contributed by atoms with Crippen LogP contribution in [0.25, 0.3) is 0 Å². The molecule has 2 heteroatoms. The summed E-state index contributed by atoms with van der Waals surface area (Å²) in [7, 11) is 6.07. The zero-order valence-corrected chi connectivity index (χ0v) is 6.90. The minimum Gasteiger partial charge on any atom is -0.384 e. The lowest BCUT2D eigenvalue weighted by Crippen LogP contribution is -3.06. The maximum Gasteiger partial charge on any atom is 0.0815 e. The third-order valence-electron chi connectivity index (χ3n) is 1.21. The van der Waals surface area contributed by atoms with Crippen LogP contribution < -0.4 is 4.90 Å². The highest BCUT2D eigenvalue weighted by atomic mass is 16.5. The molecule has 1 atom stereocenters. The number of rotatable bonds is 4. The third kappa shape index (κ3) is 5.80. The molecule has 0 spiro atoms. The Morgan fingerprint density at radius 3 is 2.33 bits per heavy atom. The van der Waals surface area contributed by atoms with E-state index in [0.717, 1.165) is 6.61 Å². The van der Waals surface area contributed by atoms with E-state index < -0.39 is 0 Å². The second-order valence-corrected chi connectivity index (χ2v) is 2.97. The van der Waals surface area contributed by atoms with Crippen LogP contribution in [0.3, 0.4) is 0 Å². The van der Waals surface area contributed by atoms with E-state index in [1.165, 1.54) is 11.4 Å². The predicted octanol–water partition coefficient (Wildman–Crippen LogP) is -0.587. The van der Waals surface area contributed by atoms with Crippen molar-refractivity contribution in [1.82, 2.24) is 0 Å². The van der Waals surface area contributed by atoms with Crippen LogP contribution in [0, 0.1) is 5.92 Å². The van der Waals surface area contributed by atoms with Gasteiger partial charge in [-0.15, -0.1) is 0 Å². The lowest BCUT2D eigenvalue weighted by Gasteiger charge is -2.12. The monoisotopic (exact) mass is 132 g/mol. The summed E-state index contributed by atoms with van der Waals surface area (Å²) in [5.74, 6) is 0.681. The van der Waals surface area contributed by atoms with Crippen LogP contribution in [0.4, 0.5) is 0 Å². The zero-order chi connectivity index (χ0) is 7.28. The summed E-state index contributed by atoms with van der Waals surface area (Å²) < 4.78 is 4.99. The van der Waals surface area contributed by atoms with Crippen LogP contribution >= 0.6 is 0 Å². The second-order valence-electron chi connectivity index (χ2n) is 2.97. The van der Waals surface area contributed by atoms with Crippen molar-refractivity contribution in [3.63, 3.8) is 0 Å². The van der Waals surface area contributed by atoms with Gasteiger partial charge in [-0.2, -0.15) is 0 Å². The fourth-order valence-electron chi connectivity index (χ4n) is 1.04. The molecule has 2 nitrogen and oxygen atoms in total. The Hall–Kier alpha value is -0.0800. The minimum atomic E-state index is 0.681. The van der Waals surface area contributed by atoms with Crippen molar-refractivity contribution >= 4 is 0 Å². The molecule has 0 heterocycles. The molecule has 1 unspecified atom stereocenters. The largest absolute Gasteiger partial charge is 0.384 e. The fraction of sp³-hybridized carbons (Fsp3) is 1.00. The second kappa shape index (κ2) is 4.77. The Kier molecular flexibility index (Phi) is 4.72. The number of methoxy groups -OCH3 is 1. The van der Waals surface area contributed by atoms with Gasteiger partial charge in [0.2, 0.25) is 0 Å². The van der Waals surface area contributed by atoms with E-state index in [9.17, 15) is 0 Å². The molecule has 0 aliphatic heterocycles. The first kappa shape index (κ1) is 8.92. The van der Waals surface area contributed by atoms with Crippen LogP contribution in [-0.2, 0) is 4.74 Å². The van der Waals surface area contributed by atoms with Crippen molar-refractivity contribution in [3.8, 4) is 0 Å². The quantitative estimate of drug-likeness (QED) is 0.540. The molecule has 1 N–H and O–H groups in total. The molecule has 56 valence electrons. The molecule has 0 fully saturated rings. The SMILES string of the molecule is COCC(C)C[NH+](C)C. The van der Waals surface area contributed by atoms with E-state index >= 15 is 0 Å². The van der Waals surface area contributed by atoms with Gasteiger partial charge in [0, 0.05) is 13.0 Å². The Morgan fingerprint density at radius 2 is 2.00 bits per heavy atom. The first-order chi connectivity index (χ1) is 4.16. The normalized spacial score (nSPS) is 14.3. The first-order valence-electron chi connectivity index (χ1n) is 3.44. The van der Waals surface area contributed by atoms with Crippen molar-refractivity contribution in [1.29, 1.82) is 0 Å². The Balaban J connectivity index is 3.15. The highest BCUT2D eigenvalue weighted by molar-refractivity contribution is 4.44. The van der Waals surface area contributed by atoms with Gasteiger partial charge in [0.25, 0.3) is 0 Å². The van der Waals surface area contributed by atoms with Crippen molar-refractivity contribution in [2.75, 3.05) is 34.4 Å². The molecule has 0 radical (unpaired) electrons. The first-order valence-corrected chi connectivity index (χ1v) is 3.44. The molecular weight excluding hydrogens is 114 g/mol. The average molecular weight is 132 g/mol. The van der Waals surface area contributed by atoms with Crippen LogP contribution in [-0.4, -0.2) is 34.4 Å². The van der Waals surface area contributed by atoms with Gasteiger partial charge < -0.3 is 9.64 Å². The van der Waals surface area contributed by atoms with E-state index in [2.05, 4.69) is 21.0 Å². The molecule has 0 aliphatic rings. The molecule has 0 amide bonds. The van der Waals surface area contributed by atoms with E-state index in [0.29, 0.717) is 5.92 Å². The smallest absolute Gasteiger partial charge is 0.0815 e. The maximum absolute atomic E-state index is 4.99. The third-order valence-corrected chi connectivity index (χ3v) is 1.21. The topological polar surface area (TPSA) is 13.7 Å². The van der Waals surface area contributed by atoms with Crippen LogP contribution in [0.1, 0.15) is 6.92 Å². The standard InChI is InChI=1S/C7H17NO/c1-7(6-9-4)5-8(2)3/h7H,5-6H2,1-4H3/p+1. The van der Waals surface area contributed by atoms with Gasteiger partial charge in [0.15, 0.2) is 0 Å². The number of nitrogens with one attached hydrogen (secondary N) is 1. The number of quaternary nitrogens is 1. The predicted molar refractivity (Wildman–Crippen MR) is 38.7 cm³/mol. The van der Waals surface area contributed by atoms with Gasteiger partial charge >= 0.3 is 0 Å². The summed E-state index contributed by atoms with van der Waals surface area (Å²) >= 11 is 0. The number of ether oxygens (including phenoxy) is 1. The molecule has 0 bridgehead atoms. The lowest BCUT2D eigenvalue weighted by molar-refractivity contribution is -0.861. The molecule has 0 rings (SSSR count). The summed E-state index contributed by atoms with van der Waals surface area (Å²) in [6, 6.07) is 0. The van der Waals surface area contributed by atoms with Crippen molar-refractivity contribution in [3.05, 3.63) is 0 Å². The average Bonchev–Trinajstić information content (AvgIpc) is 1.63.